The molecule has 1 heterocycles. The van der Waals surface area contributed by atoms with Gasteiger partial charge in [-0.1, -0.05) is 25.1 Å². The molecule has 2 rings (SSSR count). The van der Waals surface area contributed by atoms with Crippen molar-refractivity contribution in [3.63, 3.8) is 0 Å². The molecule has 0 bridgehead atoms. The second-order valence-corrected chi connectivity index (χ2v) is 5.63. The molecular weight excluding hydrogens is 236 g/mol. The van der Waals surface area contributed by atoms with Gasteiger partial charge in [0.25, 0.3) is 0 Å². The summed E-state index contributed by atoms with van der Waals surface area (Å²) in [4.78, 5) is 2.55. The van der Waals surface area contributed by atoms with Gasteiger partial charge in [0.05, 0.1) is 6.61 Å². The van der Waals surface area contributed by atoms with Crippen LogP contribution in [0.25, 0.3) is 0 Å². The Bertz CT molecular complexity index is 368. The first-order chi connectivity index (χ1) is 9.22. The predicted molar refractivity (Wildman–Crippen MR) is 79.7 cm³/mol. The fourth-order valence-electron chi connectivity index (χ4n) is 2.57. The summed E-state index contributed by atoms with van der Waals surface area (Å²) in [5.74, 6) is 0.973. The van der Waals surface area contributed by atoms with Crippen molar-refractivity contribution in [3.8, 4) is 5.75 Å². The minimum atomic E-state index is 0.290. The Morgan fingerprint density at radius 1 is 1.32 bits per heavy atom. The third kappa shape index (κ3) is 4.51. The van der Waals surface area contributed by atoms with Gasteiger partial charge in [-0.25, -0.2) is 0 Å². The summed E-state index contributed by atoms with van der Waals surface area (Å²) in [5.41, 5.74) is 0.290. The Hall–Kier alpha value is -1.06. The first kappa shape index (κ1) is 14.4. The Morgan fingerprint density at radius 3 is 2.84 bits per heavy atom. The highest BCUT2D eigenvalue weighted by Crippen LogP contribution is 2.15. The zero-order valence-corrected chi connectivity index (χ0v) is 12.2. The monoisotopic (exact) mass is 262 g/mol. The van der Waals surface area contributed by atoms with E-state index in [-0.39, 0.29) is 0 Å². The normalized spacial score (nSPS) is 24.3. The van der Waals surface area contributed by atoms with Crippen molar-refractivity contribution in [2.45, 2.75) is 32.2 Å². The molecule has 1 aliphatic rings. The smallest absolute Gasteiger partial charge is 0.119 e. The topological polar surface area (TPSA) is 24.5 Å². The SMILES string of the molecule is CCC1(C)CN(CCCOc2ccccc2)CCN1. The molecule has 0 saturated carbocycles. The number of rotatable bonds is 6. The number of piperazine rings is 1. The van der Waals surface area contributed by atoms with Crippen molar-refractivity contribution in [2.24, 2.45) is 0 Å². The number of ether oxygens (including phenoxy) is 1. The fourth-order valence-corrected chi connectivity index (χ4v) is 2.57. The van der Waals surface area contributed by atoms with E-state index in [0.717, 1.165) is 45.0 Å². The van der Waals surface area contributed by atoms with Gasteiger partial charge >= 0.3 is 0 Å². The van der Waals surface area contributed by atoms with Crippen LogP contribution < -0.4 is 10.1 Å². The number of para-hydroxylation sites is 1. The van der Waals surface area contributed by atoms with Crippen LogP contribution in [0.15, 0.2) is 30.3 Å². The quantitative estimate of drug-likeness (QED) is 0.797. The lowest BCUT2D eigenvalue weighted by atomic mass is 9.96. The summed E-state index contributed by atoms with van der Waals surface area (Å²) in [5, 5.41) is 3.62. The van der Waals surface area contributed by atoms with Crippen LogP contribution in [0.1, 0.15) is 26.7 Å². The van der Waals surface area contributed by atoms with Crippen LogP contribution in [0.5, 0.6) is 5.75 Å². The molecule has 19 heavy (non-hydrogen) atoms. The van der Waals surface area contributed by atoms with E-state index in [1.165, 1.54) is 6.42 Å². The summed E-state index contributed by atoms with van der Waals surface area (Å²) in [6.07, 6.45) is 2.28. The summed E-state index contributed by atoms with van der Waals surface area (Å²) in [6.45, 7) is 9.91. The average molecular weight is 262 g/mol. The van der Waals surface area contributed by atoms with E-state index in [1.54, 1.807) is 0 Å². The van der Waals surface area contributed by atoms with Crippen molar-refractivity contribution >= 4 is 0 Å². The molecule has 0 radical (unpaired) electrons. The van der Waals surface area contributed by atoms with E-state index in [4.69, 9.17) is 4.74 Å². The average Bonchev–Trinajstić information content (AvgIpc) is 2.45. The number of nitrogens with zero attached hydrogens (tertiary/aromatic N) is 1. The Kier molecular flexibility index (Phi) is 5.23. The minimum Gasteiger partial charge on any atom is -0.494 e. The summed E-state index contributed by atoms with van der Waals surface area (Å²) >= 11 is 0. The first-order valence-corrected chi connectivity index (χ1v) is 7.37. The maximum atomic E-state index is 5.73. The van der Waals surface area contributed by atoms with Gasteiger partial charge in [-0.05, 0) is 31.9 Å². The Labute approximate surface area is 116 Å². The van der Waals surface area contributed by atoms with Crippen LogP contribution in [0, 0.1) is 0 Å². The maximum Gasteiger partial charge on any atom is 0.119 e. The molecule has 0 spiro atoms. The highest BCUT2D eigenvalue weighted by Gasteiger charge is 2.27. The molecule has 0 aromatic heterocycles. The first-order valence-electron chi connectivity index (χ1n) is 7.37. The third-order valence-corrected chi connectivity index (χ3v) is 3.96. The largest absolute Gasteiger partial charge is 0.494 e. The lowest BCUT2D eigenvalue weighted by Gasteiger charge is -2.41. The van der Waals surface area contributed by atoms with Gasteiger partial charge in [0.15, 0.2) is 0 Å². The van der Waals surface area contributed by atoms with Crippen molar-refractivity contribution in [3.05, 3.63) is 30.3 Å². The molecule has 0 amide bonds. The van der Waals surface area contributed by atoms with E-state index < -0.39 is 0 Å². The molecular formula is C16H26N2O. The molecule has 1 aliphatic heterocycles. The Morgan fingerprint density at radius 2 is 2.11 bits per heavy atom. The lowest BCUT2D eigenvalue weighted by molar-refractivity contribution is 0.132. The van der Waals surface area contributed by atoms with Crippen LogP contribution in [0.2, 0.25) is 0 Å². The van der Waals surface area contributed by atoms with Crippen LogP contribution >= 0.6 is 0 Å². The van der Waals surface area contributed by atoms with Crippen LogP contribution in [-0.2, 0) is 0 Å². The van der Waals surface area contributed by atoms with E-state index in [0.29, 0.717) is 5.54 Å². The van der Waals surface area contributed by atoms with Crippen LogP contribution in [-0.4, -0.2) is 43.2 Å². The molecule has 0 aliphatic carbocycles. The molecule has 1 fully saturated rings. The minimum absolute atomic E-state index is 0.290. The van der Waals surface area contributed by atoms with Gasteiger partial charge < -0.3 is 15.0 Å². The van der Waals surface area contributed by atoms with Gasteiger partial charge in [-0.15, -0.1) is 0 Å². The zero-order valence-electron chi connectivity index (χ0n) is 12.2. The zero-order chi connectivity index (χ0) is 13.6. The summed E-state index contributed by atoms with van der Waals surface area (Å²) in [7, 11) is 0. The van der Waals surface area contributed by atoms with Crippen molar-refractivity contribution < 1.29 is 4.74 Å². The molecule has 1 atom stereocenters. The van der Waals surface area contributed by atoms with Crippen molar-refractivity contribution in [1.29, 1.82) is 0 Å². The van der Waals surface area contributed by atoms with Gasteiger partial charge in [-0.2, -0.15) is 0 Å². The van der Waals surface area contributed by atoms with E-state index in [9.17, 15) is 0 Å². The molecule has 1 N–H and O–H groups in total. The van der Waals surface area contributed by atoms with Gasteiger partial charge in [0.2, 0.25) is 0 Å². The van der Waals surface area contributed by atoms with E-state index >= 15 is 0 Å². The summed E-state index contributed by atoms with van der Waals surface area (Å²) < 4.78 is 5.73. The second kappa shape index (κ2) is 6.92. The standard InChI is InChI=1S/C16H26N2O/c1-3-16(2)14-18(12-10-17-16)11-7-13-19-15-8-5-4-6-9-15/h4-6,8-9,17H,3,7,10-14H2,1-2H3. The highest BCUT2D eigenvalue weighted by atomic mass is 16.5. The van der Waals surface area contributed by atoms with Crippen LogP contribution in [0.4, 0.5) is 0 Å². The molecule has 1 saturated heterocycles. The maximum absolute atomic E-state index is 5.73. The molecule has 1 aromatic rings. The molecule has 1 aromatic carbocycles. The predicted octanol–water partition coefficient (Wildman–Crippen LogP) is 2.53. The second-order valence-electron chi connectivity index (χ2n) is 5.63. The fraction of sp³-hybridized carbons (Fsp3) is 0.625. The molecule has 3 heteroatoms. The summed E-state index contributed by atoms with van der Waals surface area (Å²) in [6, 6.07) is 10.1. The Balaban J connectivity index is 1.66. The number of hydrogen-bond donors (Lipinski definition) is 1. The lowest BCUT2D eigenvalue weighted by Crippen LogP contribution is -2.58. The van der Waals surface area contributed by atoms with Crippen molar-refractivity contribution in [2.75, 3.05) is 32.8 Å². The number of nitrogens with one attached hydrogen (secondary N) is 1. The molecule has 3 nitrogen and oxygen atoms in total. The van der Waals surface area contributed by atoms with Gasteiger partial charge in [-0.3, -0.25) is 0 Å². The highest BCUT2D eigenvalue weighted by molar-refractivity contribution is 5.20. The van der Waals surface area contributed by atoms with Crippen LogP contribution in [0.3, 0.4) is 0 Å². The van der Waals surface area contributed by atoms with Crippen molar-refractivity contribution in [1.82, 2.24) is 10.2 Å². The van der Waals surface area contributed by atoms with Gasteiger partial charge in [0, 0.05) is 31.7 Å². The molecule has 106 valence electrons. The molecule has 1 unspecified atom stereocenters. The van der Waals surface area contributed by atoms with Gasteiger partial charge in [0.1, 0.15) is 5.75 Å². The van der Waals surface area contributed by atoms with E-state index in [1.807, 2.05) is 30.3 Å². The third-order valence-electron chi connectivity index (χ3n) is 3.96. The number of hydrogen-bond acceptors (Lipinski definition) is 3. The number of benzene rings is 1. The van der Waals surface area contributed by atoms with E-state index in [2.05, 4.69) is 24.1 Å².